The minimum atomic E-state index is -4.06. The van der Waals surface area contributed by atoms with Gasteiger partial charge in [0, 0.05) is 6.54 Å². The van der Waals surface area contributed by atoms with Gasteiger partial charge in [0.05, 0.1) is 16.1 Å². The highest BCUT2D eigenvalue weighted by Gasteiger charge is 2.38. The van der Waals surface area contributed by atoms with Gasteiger partial charge in [-0.2, -0.15) is 4.31 Å². The maximum atomic E-state index is 13.6. The molecule has 1 unspecified atom stereocenters. The van der Waals surface area contributed by atoms with E-state index in [9.17, 15) is 17.2 Å². The largest absolute Gasteiger partial charge is 0.418 e. The molecule has 4 rings (SSSR count). The molecule has 1 aromatic carbocycles. The quantitative estimate of drug-likeness (QED) is 0.632. The zero-order valence-electron chi connectivity index (χ0n) is 14.8. The van der Waals surface area contributed by atoms with E-state index in [1.165, 1.54) is 15.6 Å². The Morgan fingerprint density at radius 3 is 2.75 bits per heavy atom. The molecule has 1 aliphatic heterocycles. The van der Waals surface area contributed by atoms with Gasteiger partial charge >= 0.3 is 0 Å². The molecule has 3 aromatic rings. The molecule has 0 N–H and O–H groups in total. The van der Waals surface area contributed by atoms with Crippen LogP contribution in [0, 0.1) is 18.6 Å². The highest BCUT2D eigenvalue weighted by molar-refractivity contribution is 7.89. The first-order chi connectivity index (χ1) is 13.4. The van der Waals surface area contributed by atoms with E-state index in [-0.39, 0.29) is 23.2 Å². The highest BCUT2D eigenvalue weighted by Crippen LogP contribution is 2.36. The number of nitrogens with zero attached hydrogens (tertiary/aromatic N) is 4. The van der Waals surface area contributed by atoms with Crippen LogP contribution in [0.2, 0.25) is 0 Å². The predicted octanol–water partition coefficient (Wildman–Crippen LogP) is 3.70. The molecule has 2 aromatic heterocycles. The first-order valence-electron chi connectivity index (χ1n) is 8.58. The molecular formula is C17H16F2N4O3S2. The first kappa shape index (κ1) is 19.1. The molecule has 3 heterocycles. The zero-order chi connectivity index (χ0) is 19.9. The van der Waals surface area contributed by atoms with Crippen LogP contribution in [0.3, 0.4) is 0 Å². The van der Waals surface area contributed by atoms with Crippen molar-refractivity contribution in [2.75, 3.05) is 6.54 Å². The van der Waals surface area contributed by atoms with E-state index in [4.69, 9.17) is 4.42 Å². The maximum Gasteiger partial charge on any atom is 0.259 e. The van der Waals surface area contributed by atoms with Crippen molar-refractivity contribution in [3.8, 4) is 10.8 Å². The number of rotatable bonds is 4. The first-order valence-corrected chi connectivity index (χ1v) is 10.9. The van der Waals surface area contributed by atoms with Crippen LogP contribution in [0.4, 0.5) is 8.78 Å². The van der Waals surface area contributed by atoms with Crippen molar-refractivity contribution < 1.29 is 21.6 Å². The van der Waals surface area contributed by atoms with Crippen LogP contribution < -0.4 is 0 Å². The lowest BCUT2D eigenvalue weighted by Crippen LogP contribution is -2.38. The summed E-state index contributed by atoms with van der Waals surface area (Å²) in [5.41, 5.74) is 2.41. The summed E-state index contributed by atoms with van der Waals surface area (Å²) in [6.45, 7) is 2.04. The summed E-state index contributed by atoms with van der Waals surface area (Å²) in [6.07, 6.45) is 1.92. The normalized spacial score (nSPS) is 18.5. The fourth-order valence-electron chi connectivity index (χ4n) is 3.18. The number of thiazole rings is 1. The third-order valence-electron chi connectivity index (χ3n) is 4.62. The number of sulfonamides is 1. The lowest BCUT2D eigenvalue weighted by atomic mass is 10.1. The second-order valence-electron chi connectivity index (χ2n) is 6.42. The Hall–Kier alpha value is -2.24. The lowest BCUT2D eigenvalue weighted by molar-refractivity contribution is 0.220. The Kier molecular flexibility index (Phi) is 4.98. The highest BCUT2D eigenvalue weighted by atomic mass is 32.2. The van der Waals surface area contributed by atoms with E-state index in [1.54, 1.807) is 5.51 Å². The lowest BCUT2D eigenvalue weighted by Gasteiger charge is -2.32. The number of aromatic nitrogens is 3. The van der Waals surface area contributed by atoms with E-state index in [2.05, 4.69) is 15.2 Å². The number of aryl methyl sites for hydroxylation is 1. The van der Waals surface area contributed by atoms with Gasteiger partial charge in [-0.15, -0.1) is 21.5 Å². The van der Waals surface area contributed by atoms with Gasteiger partial charge in [-0.25, -0.2) is 22.2 Å². The van der Waals surface area contributed by atoms with Crippen molar-refractivity contribution >= 4 is 21.4 Å². The van der Waals surface area contributed by atoms with Crippen molar-refractivity contribution in [3.63, 3.8) is 0 Å². The molecule has 0 amide bonds. The number of halogens is 2. The van der Waals surface area contributed by atoms with Gasteiger partial charge in [-0.3, -0.25) is 0 Å². The average molecular weight is 426 g/mol. The van der Waals surface area contributed by atoms with Crippen LogP contribution >= 0.6 is 11.3 Å². The molecular weight excluding hydrogens is 410 g/mol. The van der Waals surface area contributed by atoms with Gasteiger partial charge in [-0.1, -0.05) is 6.42 Å². The SMILES string of the molecule is Cc1ncsc1-c1nnc(C2CCCCN2S(=O)(=O)c2ccc(F)c(F)c2)o1. The second kappa shape index (κ2) is 7.30. The maximum absolute atomic E-state index is 13.6. The summed E-state index contributed by atoms with van der Waals surface area (Å²) >= 11 is 1.35. The van der Waals surface area contributed by atoms with Crippen LogP contribution in [-0.2, 0) is 10.0 Å². The third-order valence-corrected chi connectivity index (χ3v) is 7.44. The van der Waals surface area contributed by atoms with Crippen LogP contribution in [0.5, 0.6) is 0 Å². The molecule has 1 fully saturated rings. The van der Waals surface area contributed by atoms with Gasteiger partial charge in [0.15, 0.2) is 11.6 Å². The van der Waals surface area contributed by atoms with Gasteiger partial charge in [-0.05, 0) is 38.0 Å². The topological polar surface area (TPSA) is 89.2 Å². The van der Waals surface area contributed by atoms with E-state index in [0.29, 0.717) is 18.9 Å². The molecule has 11 heteroatoms. The van der Waals surface area contributed by atoms with Crippen LogP contribution in [0.25, 0.3) is 10.8 Å². The molecule has 7 nitrogen and oxygen atoms in total. The van der Waals surface area contributed by atoms with E-state index in [0.717, 1.165) is 29.1 Å². The van der Waals surface area contributed by atoms with E-state index >= 15 is 0 Å². The van der Waals surface area contributed by atoms with E-state index < -0.39 is 27.7 Å². The summed E-state index contributed by atoms with van der Waals surface area (Å²) in [5, 5.41) is 8.08. The standard InChI is InChI=1S/C17H16F2N4O3S2/c1-10-15(27-9-20-10)17-22-21-16(26-17)14-4-2-3-7-23(14)28(24,25)11-5-6-12(18)13(19)8-11/h5-6,8-9,14H,2-4,7H2,1H3. The van der Waals surface area contributed by atoms with Crippen molar-refractivity contribution in [2.45, 2.75) is 37.1 Å². The van der Waals surface area contributed by atoms with Gasteiger partial charge < -0.3 is 4.42 Å². The summed E-state index contributed by atoms with van der Waals surface area (Å²) in [4.78, 5) is 4.56. The summed E-state index contributed by atoms with van der Waals surface area (Å²) in [5.74, 6) is -1.86. The van der Waals surface area contributed by atoms with Crippen LogP contribution in [-0.4, -0.2) is 34.4 Å². The summed E-state index contributed by atoms with van der Waals surface area (Å²) < 4.78 is 59.9. The van der Waals surface area contributed by atoms with Crippen LogP contribution in [0.15, 0.2) is 33.0 Å². The molecule has 1 aliphatic rings. The van der Waals surface area contributed by atoms with Crippen molar-refractivity contribution in [3.05, 3.63) is 46.9 Å². The minimum absolute atomic E-state index is 0.175. The Bertz CT molecular complexity index is 1110. The predicted molar refractivity (Wildman–Crippen MR) is 97.0 cm³/mol. The number of piperidine rings is 1. The number of benzene rings is 1. The fourth-order valence-corrected chi connectivity index (χ4v) is 5.57. The van der Waals surface area contributed by atoms with Crippen molar-refractivity contribution in [1.82, 2.24) is 19.5 Å². The molecule has 1 saturated heterocycles. The van der Waals surface area contributed by atoms with Gasteiger partial charge in [0.2, 0.25) is 15.9 Å². The minimum Gasteiger partial charge on any atom is -0.418 e. The molecule has 0 aliphatic carbocycles. The molecule has 0 saturated carbocycles. The van der Waals surface area contributed by atoms with Gasteiger partial charge in [0.1, 0.15) is 10.9 Å². The second-order valence-corrected chi connectivity index (χ2v) is 9.16. The molecule has 148 valence electrons. The van der Waals surface area contributed by atoms with Gasteiger partial charge in [0.25, 0.3) is 5.89 Å². The molecule has 0 spiro atoms. The monoisotopic (exact) mass is 426 g/mol. The smallest absolute Gasteiger partial charge is 0.259 e. The zero-order valence-corrected chi connectivity index (χ0v) is 16.4. The Labute approximate surface area is 164 Å². The number of hydrogen-bond donors (Lipinski definition) is 0. The Balaban J connectivity index is 1.69. The third kappa shape index (κ3) is 3.33. The average Bonchev–Trinajstić information content (AvgIpc) is 3.32. The Morgan fingerprint density at radius 2 is 2.04 bits per heavy atom. The van der Waals surface area contributed by atoms with Crippen LogP contribution in [0.1, 0.15) is 36.9 Å². The fraction of sp³-hybridized carbons (Fsp3) is 0.353. The molecule has 1 atom stereocenters. The molecule has 0 bridgehead atoms. The van der Waals surface area contributed by atoms with Crippen molar-refractivity contribution in [2.24, 2.45) is 0 Å². The molecule has 0 radical (unpaired) electrons. The number of hydrogen-bond acceptors (Lipinski definition) is 7. The van der Waals surface area contributed by atoms with Crippen molar-refractivity contribution in [1.29, 1.82) is 0 Å². The molecule has 28 heavy (non-hydrogen) atoms. The summed E-state index contributed by atoms with van der Waals surface area (Å²) in [6, 6.07) is 1.88. The summed E-state index contributed by atoms with van der Waals surface area (Å²) in [7, 11) is -4.06. The Morgan fingerprint density at radius 1 is 1.21 bits per heavy atom. The van der Waals surface area contributed by atoms with E-state index in [1.807, 2.05) is 6.92 Å².